The summed E-state index contributed by atoms with van der Waals surface area (Å²) in [5.74, 6) is 0.777. The normalized spacial score (nSPS) is 21.2. The predicted octanol–water partition coefficient (Wildman–Crippen LogP) is 5.28. The van der Waals surface area contributed by atoms with Crippen molar-refractivity contribution in [3.8, 4) is 5.75 Å². The number of fused-ring (bicyclic) bond motifs is 1. The molecular formula is C15H12BrCl2NO. The Morgan fingerprint density at radius 1 is 1.15 bits per heavy atom. The third kappa shape index (κ3) is 2.56. The molecule has 0 spiro atoms. The molecule has 2 unspecified atom stereocenters. The molecule has 1 heterocycles. The quantitative estimate of drug-likeness (QED) is 0.738. The molecule has 20 heavy (non-hydrogen) atoms. The molecule has 2 atom stereocenters. The number of nitrogens with two attached hydrogens (primary N) is 1. The first kappa shape index (κ1) is 14.2. The van der Waals surface area contributed by atoms with Gasteiger partial charge in [-0.05, 0) is 24.3 Å². The fourth-order valence-corrected chi connectivity index (χ4v) is 3.45. The van der Waals surface area contributed by atoms with Crippen molar-refractivity contribution >= 4 is 39.1 Å². The van der Waals surface area contributed by atoms with Gasteiger partial charge in [-0.3, -0.25) is 0 Å². The summed E-state index contributed by atoms with van der Waals surface area (Å²) in [5, 5.41) is 1.21. The fraction of sp³-hybridized carbons (Fsp3) is 0.200. The van der Waals surface area contributed by atoms with E-state index < -0.39 is 0 Å². The lowest BCUT2D eigenvalue weighted by Gasteiger charge is -2.31. The van der Waals surface area contributed by atoms with Crippen LogP contribution in [-0.2, 0) is 0 Å². The number of benzene rings is 2. The van der Waals surface area contributed by atoms with E-state index in [9.17, 15) is 0 Å². The maximum atomic E-state index is 6.25. The Kier molecular flexibility index (Phi) is 3.95. The zero-order valence-electron chi connectivity index (χ0n) is 10.4. The van der Waals surface area contributed by atoms with Crippen LogP contribution in [0.15, 0.2) is 40.9 Å². The molecule has 5 heteroatoms. The van der Waals surface area contributed by atoms with Gasteiger partial charge in [0.15, 0.2) is 0 Å². The lowest BCUT2D eigenvalue weighted by molar-refractivity contribution is 0.161. The number of rotatable bonds is 1. The molecule has 2 nitrogen and oxygen atoms in total. The Morgan fingerprint density at radius 3 is 2.55 bits per heavy atom. The zero-order valence-corrected chi connectivity index (χ0v) is 13.5. The molecular weight excluding hydrogens is 361 g/mol. The van der Waals surface area contributed by atoms with Crippen molar-refractivity contribution in [2.75, 3.05) is 0 Å². The van der Waals surface area contributed by atoms with Crippen molar-refractivity contribution in [3.05, 3.63) is 62.0 Å². The van der Waals surface area contributed by atoms with Crippen LogP contribution in [0, 0.1) is 0 Å². The van der Waals surface area contributed by atoms with Gasteiger partial charge in [0.1, 0.15) is 11.9 Å². The second-order valence-electron chi connectivity index (χ2n) is 4.77. The molecule has 2 aromatic rings. The van der Waals surface area contributed by atoms with E-state index in [1.165, 1.54) is 0 Å². The maximum Gasteiger partial charge on any atom is 0.128 e. The topological polar surface area (TPSA) is 35.2 Å². The Morgan fingerprint density at radius 2 is 1.85 bits per heavy atom. The van der Waals surface area contributed by atoms with Crippen LogP contribution in [0.1, 0.15) is 29.7 Å². The van der Waals surface area contributed by atoms with Gasteiger partial charge in [-0.15, -0.1) is 0 Å². The van der Waals surface area contributed by atoms with Gasteiger partial charge in [-0.25, -0.2) is 0 Å². The molecule has 2 N–H and O–H groups in total. The van der Waals surface area contributed by atoms with Gasteiger partial charge in [0.25, 0.3) is 0 Å². The van der Waals surface area contributed by atoms with Gasteiger partial charge >= 0.3 is 0 Å². The smallest absolute Gasteiger partial charge is 0.128 e. The molecule has 0 saturated carbocycles. The van der Waals surface area contributed by atoms with E-state index in [1.807, 2.05) is 36.4 Å². The third-order valence-corrected chi connectivity index (χ3v) is 4.59. The monoisotopic (exact) mass is 371 g/mol. The van der Waals surface area contributed by atoms with Gasteiger partial charge < -0.3 is 10.5 Å². The summed E-state index contributed by atoms with van der Waals surface area (Å²) in [4.78, 5) is 0. The summed E-state index contributed by atoms with van der Waals surface area (Å²) >= 11 is 16.0. The Hall–Kier alpha value is -0.740. The van der Waals surface area contributed by atoms with Crippen molar-refractivity contribution in [2.45, 2.75) is 18.6 Å². The summed E-state index contributed by atoms with van der Waals surface area (Å²) in [6, 6.07) is 11.2. The zero-order chi connectivity index (χ0) is 14.3. The van der Waals surface area contributed by atoms with Gasteiger partial charge in [-0.1, -0.05) is 51.3 Å². The summed E-state index contributed by atoms with van der Waals surface area (Å²) in [7, 11) is 0. The second-order valence-corrected chi connectivity index (χ2v) is 6.50. The van der Waals surface area contributed by atoms with Crippen LogP contribution < -0.4 is 10.5 Å². The highest BCUT2D eigenvalue weighted by Gasteiger charge is 2.29. The molecule has 0 saturated heterocycles. The van der Waals surface area contributed by atoms with E-state index in [2.05, 4.69) is 15.9 Å². The van der Waals surface area contributed by atoms with Crippen LogP contribution in [0.5, 0.6) is 5.75 Å². The molecule has 0 fully saturated rings. The standard InChI is InChI=1S/C15H12BrCl2NO/c16-8-4-5-9-12(19)7-14(20-13(9)6-8)15-10(17)2-1-3-11(15)18/h1-6,12,14H,7,19H2. The third-order valence-electron chi connectivity index (χ3n) is 3.43. The van der Waals surface area contributed by atoms with Crippen molar-refractivity contribution in [3.63, 3.8) is 0 Å². The molecule has 0 bridgehead atoms. The van der Waals surface area contributed by atoms with Gasteiger partial charge in [-0.2, -0.15) is 0 Å². The minimum atomic E-state index is -0.229. The number of ether oxygens (including phenoxy) is 1. The van der Waals surface area contributed by atoms with E-state index in [0.29, 0.717) is 16.5 Å². The van der Waals surface area contributed by atoms with Crippen LogP contribution in [0.4, 0.5) is 0 Å². The van der Waals surface area contributed by atoms with Gasteiger partial charge in [0, 0.05) is 38.1 Å². The van der Waals surface area contributed by atoms with Gasteiger partial charge in [0.05, 0.1) is 0 Å². The van der Waals surface area contributed by atoms with E-state index in [1.54, 1.807) is 0 Å². The van der Waals surface area contributed by atoms with Crippen LogP contribution in [0.2, 0.25) is 10.0 Å². The Balaban J connectivity index is 2.03. The highest BCUT2D eigenvalue weighted by molar-refractivity contribution is 9.10. The second kappa shape index (κ2) is 5.57. The van der Waals surface area contributed by atoms with E-state index in [4.69, 9.17) is 33.7 Å². The number of hydrogen-bond acceptors (Lipinski definition) is 2. The van der Waals surface area contributed by atoms with Crippen LogP contribution in [0.3, 0.4) is 0 Å². The average Bonchev–Trinajstić information content (AvgIpc) is 2.38. The number of hydrogen-bond donors (Lipinski definition) is 1. The molecule has 1 aliphatic rings. The Bertz CT molecular complexity index is 642. The minimum Gasteiger partial charge on any atom is -0.485 e. The van der Waals surface area contributed by atoms with E-state index >= 15 is 0 Å². The van der Waals surface area contributed by atoms with Crippen molar-refractivity contribution in [2.24, 2.45) is 5.73 Å². The lowest BCUT2D eigenvalue weighted by Crippen LogP contribution is -2.24. The first-order valence-electron chi connectivity index (χ1n) is 6.22. The van der Waals surface area contributed by atoms with E-state index in [0.717, 1.165) is 21.3 Å². The van der Waals surface area contributed by atoms with E-state index in [-0.39, 0.29) is 12.1 Å². The minimum absolute atomic E-state index is 0.0933. The average molecular weight is 373 g/mol. The summed E-state index contributed by atoms with van der Waals surface area (Å²) in [6.45, 7) is 0. The van der Waals surface area contributed by atoms with Gasteiger partial charge in [0.2, 0.25) is 0 Å². The number of halogens is 3. The molecule has 0 amide bonds. The summed E-state index contributed by atoms with van der Waals surface area (Å²) < 4.78 is 7.01. The highest BCUT2D eigenvalue weighted by atomic mass is 79.9. The summed E-state index contributed by atoms with van der Waals surface area (Å²) in [5.41, 5.74) is 8.05. The van der Waals surface area contributed by atoms with Crippen LogP contribution >= 0.6 is 39.1 Å². The van der Waals surface area contributed by atoms with Crippen molar-refractivity contribution < 1.29 is 4.74 Å². The SMILES string of the molecule is NC1CC(c2c(Cl)cccc2Cl)Oc2cc(Br)ccc21. The predicted molar refractivity (Wildman–Crippen MR) is 85.5 cm³/mol. The molecule has 0 aliphatic carbocycles. The van der Waals surface area contributed by atoms with Crippen molar-refractivity contribution in [1.82, 2.24) is 0 Å². The maximum absolute atomic E-state index is 6.25. The largest absolute Gasteiger partial charge is 0.485 e. The van der Waals surface area contributed by atoms with Crippen LogP contribution in [0.25, 0.3) is 0 Å². The Labute approximate surface area is 136 Å². The molecule has 0 radical (unpaired) electrons. The fourth-order valence-electron chi connectivity index (χ4n) is 2.47. The molecule has 104 valence electrons. The molecule has 0 aromatic heterocycles. The first-order valence-corrected chi connectivity index (χ1v) is 7.76. The highest BCUT2D eigenvalue weighted by Crippen LogP contribution is 2.44. The molecule has 3 rings (SSSR count). The lowest BCUT2D eigenvalue weighted by atomic mass is 9.93. The molecule has 1 aliphatic heterocycles. The summed E-state index contributed by atoms with van der Waals surface area (Å²) in [6.07, 6.45) is 0.422. The first-order chi connectivity index (χ1) is 9.56. The molecule has 2 aromatic carbocycles. The van der Waals surface area contributed by atoms with Crippen LogP contribution in [-0.4, -0.2) is 0 Å². The van der Waals surface area contributed by atoms with Crippen molar-refractivity contribution in [1.29, 1.82) is 0 Å².